The number of hydrogen-bond acceptors (Lipinski definition) is 2. The zero-order valence-corrected chi connectivity index (χ0v) is 11.5. The van der Waals surface area contributed by atoms with Crippen LogP contribution < -0.4 is 4.74 Å². The molecule has 1 heterocycles. The average Bonchev–Trinajstić information content (AvgIpc) is 2.84. The van der Waals surface area contributed by atoms with Crippen LogP contribution in [0.1, 0.15) is 11.1 Å². The quantitative estimate of drug-likeness (QED) is 0.633. The van der Waals surface area contributed by atoms with Gasteiger partial charge in [-0.15, -0.1) is 11.6 Å². The van der Waals surface area contributed by atoms with Crippen molar-refractivity contribution < 1.29 is 4.74 Å². The topological polar surface area (TPSA) is 27.1 Å². The molecule has 0 saturated carbocycles. The first-order chi connectivity index (χ1) is 9.28. The van der Waals surface area contributed by atoms with Gasteiger partial charge in [0.1, 0.15) is 5.75 Å². The molecule has 0 amide bonds. The van der Waals surface area contributed by atoms with E-state index in [1.807, 2.05) is 43.7 Å². The zero-order valence-electron chi connectivity index (χ0n) is 10.8. The summed E-state index contributed by atoms with van der Waals surface area (Å²) in [5, 5.41) is 4.12. The van der Waals surface area contributed by atoms with Gasteiger partial charge in [0.05, 0.1) is 18.7 Å². The minimum Gasteiger partial charge on any atom is -0.493 e. The summed E-state index contributed by atoms with van der Waals surface area (Å²) in [7, 11) is 1.91. The second kappa shape index (κ2) is 6.86. The van der Waals surface area contributed by atoms with E-state index in [0.717, 1.165) is 17.7 Å². The molecular formula is C15H15ClN2O. The molecule has 98 valence electrons. The van der Waals surface area contributed by atoms with Gasteiger partial charge >= 0.3 is 0 Å². The summed E-state index contributed by atoms with van der Waals surface area (Å²) >= 11 is 5.51. The molecule has 0 aliphatic heterocycles. The van der Waals surface area contributed by atoms with Crippen LogP contribution in [0.15, 0.2) is 36.7 Å². The van der Waals surface area contributed by atoms with Crippen LogP contribution in [0.25, 0.3) is 0 Å². The summed E-state index contributed by atoms with van der Waals surface area (Å²) in [5.41, 5.74) is 2.12. The van der Waals surface area contributed by atoms with Crippen molar-refractivity contribution in [2.24, 2.45) is 7.05 Å². The van der Waals surface area contributed by atoms with Crippen molar-refractivity contribution in [3.63, 3.8) is 0 Å². The van der Waals surface area contributed by atoms with E-state index in [0.29, 0.717) is 12.5 Å². The highest BCUT2D eigenvalue weighted by Gasteiger charge is 1.98. The van der Waals surface area contributed by atoms with Crippen LogP contribution in [0, 0.1) is 11.8 Å². The smallest absolute Gasteiger partial charge is 0.119 e. The molecule has 1 aromatic heterocycles. The predicted molar refractivity (Wildman–Crippen MR) is 76.4 cm³/mol. The molecule has 0 atom stereocenters. The molecule has 2 rings (SSSR count). The third-order valence-electron chi connectivity index (χ3n) is 2.57. The van der Waals surface area contributed by atoms with E-state index in [-0.39, 0.29) is 0 Å². The Kier molecular flexibility index (Phi) is 4.88. The van der Waals surface area contributed by atoms with E-state index in [9.17, 15) is 0 Å². The molecule has 0 spiro atoms. The van der Waals surface area contributed by atoms with Crippen molar-refractivity contribution in [2.75, 3.05) is 12.5 Å². The summed E-state index contributed by atoms with van der Waals surface area (Å²) in [6.07, 6.45) is 4.70. The molecule has 0 aliphatic rings. The molecule has 0 bridgehead atoms. The molecular weight excluding hydrogens is 260 g/mol. The fourth-order valence-corrected chi connectivity index (χ4v) is 1.72. The molecule has 0 N–H and O–H groups in total. The highest BCUT2D eigenvalue weighted by atomic mass is 35.5. The molecule has 0 aliphatic carbocycles. The van der Waals surface area contributed by atoms with Crippen molar-refractivity contribution in [3.05, 3.63) is 47.8 Å². The minimum atomic E-state index is 0.351. The van der Waals surface area contributed by atoms with Gasteiger partial charge in [0.25, 0.3) is 0 Å². The van der Waals surface area contributed by atoms with E-state index < -0.39 is 0 Å². The zero-order chi connectivity index (χ0) is 13.5. The number of aryl methyl sites for hydroxylation is 1. The molecule has 4 heteroatoms. The fourth-order valence-electron chi connectivity index (χ4n) is 1.66. The van der Waals surface area contributed by atoms with E-state index in [1.165, 1.54) is 5.56 Å². The summed E-state index contributed by atoms with van der Waals surface area (Å²) < 4.78 is 7.46. The van der Waals surface area contributed by atoms with Crippen LogP contribution in [0.2, 0.25) is 0 Å². The Balaban J connectivity index is 1.83. The maximum Gasteiger partial charge on any atom is 0.119 e. The van der Waals surface area contributed by atoms with Gasteiger partial charge in [-0.25, -0.2) is 0 Å². The van der Waals surface area contributed by atoms with Gasteiger partial charge < -0.3 is 4.74 Å². The Bertz CT molecular complexity index is 578. The number of nitrogens with zero attached hydrogens (tertiary/aromatic N) is 2. The van der Waals surface area contributed by atoms with Gasteiger partial charge in [0.2, 0.25) is 0 Å². The van der Waals surface area contributed by atoms with Crippen LogP contribution in [0.4, 0.5) is 0 Å². The lowest BCUT2D eigenvalue weighted by molar-refractivity contribution is 0.322. The molecule has 1 aromatic carbocycles. The van der Waals surface area contributed by atoms with Crippen molar-refractivity contribution >= 4 is 11.6 Å². The van der Waals surface area contributed by atoms with E-state index in [2.05, 4.69) is 16.9 Å². The first kappa shape index (κ1) is 13.5. The van der Waals surface area contributed by atoms with Gasteiger partial charge in [-0.1, -0.05) is 11.8 Å². The molecule has 0 saturated heterocycles. The molecule has 3 nitrogen and oxygen atoms in total. The van der Waals surface area contributed by atoms with Crippen LogP contribution in [-0.2, 0) is 13.5 Å². The molecule has 19 heavy (non-hydrogen) atoms. The van der Waals surface area contributed by atoms with Crippen LogP contribution in [0.3, 0.4) is 0 Å². The Hall–Kier alpha value is -1.92. The van der Waals surface area contributed by atoms with E-state index in [1.54, 1.807) is 4.68 Å². The van der Waals surface area contributed by atoms with Crippen LogP contribution in [0.5, 0.6) is 5.75 Å². The Labute approximate surface area is 118 Å². The highest BCUT2D eigenvalue weighted by molar-refractivity contribution is 6.19. The second-order valence-corrected chi connectivity index (χ2v) is 4.35. The standard InChI is InChI=1S/C15H15ClN2O/c1-18-12-14(11-17-18)8-10-19-15-6-4-13(5-7-15)3-2-9-16/h4-7,11-12H,8-10H2,1H3. The van der Waals surface area contributed by atoms with Crippen molar-refractivity contribution in [1.82, 2.24) is 9.78 Å². The molecule has 0 radical (unpaired) electrons. The predicted octanol–water partition coefficient (Wildman–Crippen LogP) is 2.63. The number of aromatic nitrogens is 2. The lowest BCUT2D eigenvalue weighted by atomic mass is 10.2. The lowest BCUT2D eigenvalue weighted by Gasteiger charge is -2.04. The maximum atomic E-state index is 5.67. The number of alkyl halides is 1. The Morgan fingerprint density at radius 1 is 1.32 bits per heavy atom. The maximum absolute atomic E-state index is 5.67. The number of benzene rings is 1. The summed E-state index contributed by atoms with van der Waals surface area (Å²) in [6, 6.07) is 7.70. The fraction of sp³-hybridized carbons (Fsp3) is 0.267. The lowest BCUT2D eigenvalue weighted by Crippen LogP contribution is -2.00. The first-order valence-electron chi connectivity index (χ1n) is 6.03. The van der Waals surface area contributed by atoms with Gasteiger partial charge in [-0.3, -0.25) is 4.68 Å². The number of rotatable bonds is 4. The van der Waals surface area contributed by atoms with Gasteiger partial charge in [0, 0.05) is 25.2 Å². The first-order valence-corrected chi connectivity index (χ1v) is 6.56. The van der Waals surface area contributed by atoms with Gasteiger partial charge in [-0.2, -0.15) is 5.10 Å². The summed E-state index contributed by atoms with van der Waals surface area (Å²) in [6.45, 7) is 0.637. The van der Waals surface area contributed by atoms with Gasteiger partial charge in [-0.05, 0) is 29.8 Å². The summed E-state index contributed by atoms with van der Waals surface area (Å²) in [4.78, 5) is 0. The largest absolute Gasteiger partial charge is 0.493 e. The second-order valence-electron chi connectivity index (χ2n) is 4.08. The number of ether oxygens (including phenoxy) is 1. The normalized spacial score (nSPS) is 9.79. The van der Waals surface area contributed by atoms with Crippen molar-refractivity contribution in [3.8, 4) is 17.6 Å². The number of hydrogen-bond donors (Lipinski definition) is 0. The number of halogens is 1. The van der Waals surface area contributed by atoms with Gasteiger partial charge in [0.15, 0.2) is 0 Å². The highest BCUT2D eigenvalue weighted by Crippen LogP contribution is 2.12. The Morgan fingerprint density at radius 2 is 2.11 bits per heavy atom. The molecule has 0 fully saturated rings. The van der Waals surface area contributed by atoms with E-state index >= 15 is 0 Å². The third-order valence-corrected chi connectivity index (χ3v) is 2.71. The monoisotopic (exact) mass is 274 g/mol. The van der Waals surface area contributed by atoms with Crippen LogP contribution in [-0.4, -0.2) is 22.3 Å². The Morgan fingerprint density at radius 3 is 2.74 bits per heavy atom. The molecule has 0 unspecified atom stereocenters. The van der Waals surface area contributed by atoms with Crippen molar-refractivity contribution in [1.29, 1.82) is 0 Å². The third kappa shape index (κ3) is 4.35. The SMILES string of the molecule is Cn1cc(CCOc2ccc(C#CCCl)cc2)cn1. The van der Waals surface area contributed by atoms with Crippen molar-refractivity contribution in [2.45, 2.75) is 6.42 Å². The summed E-state index contributed by atoms with van der Waals surface area (Å²) in [5.74, 6) is 6.97. The van der Waals surface area contributed by atoms with Crippen LogP contribution >= 0.6 is 11.6 Å². The molecule has 2 aromatic rings. The van der Waals surface area contributed by atoms with E-state index in [4.69, 9.17) is 16.3 Å². The average molecular weight is 275 g/mol. The minimum absolute atomic E-state index is 0.351.